The first-order chi connectivity index (χ1) is 8.92. The predicted octanol–water partition coefficient (Wildman–Crippen LogP) is 2.81. The molecule has 1 heterocycles. The summed E-state index contributed by atoms with van der Waals surface area (Å²) in [5.74, 6) is -1.97. The Morgan fingerprint density at radius 2 is 1.89 bits per heavy atom. The highest BCUT2D eigenvalue weighted by Crippen LogP contribution is 2.24. The lowest BCUT2D eigenvalue weighted by Crippen LogP contribution is -2.17. The van der Waals surface area contributed by atoms with Gasteiger partial charge < -0.3 is 0 Å². The molecule has 2 rings (SSSR count). The second-order valence-corrected chi connectivity index (χ2v) is 5.50. The third-order valence-corrected chi connectivity index (χ3v) is 3.77. The van der Waals surface area contributed by atoms with Crippen LogP contribution in [0.5, 0.6) is 0 Å². The highest BCUT2D eigenvalue weighted by Gasteiger charge is 2.22. The van der Waals surface area contributed by atoms with Gasteiger partial charge in [0.05, 0.1) is 10.7 Å². The summed E-state index contributed by atoms with van der Waals surface area (Å²) in [5, 5.41) is -1.06. The fraction of sp³-hybridized carbons (Fsp3) is 0. The highest BCUT2D eigenvalue weighted by molar-refractivity contribution is 7.92. The van der Waals surface area contributed by atoms with E-state index in [2.05, 4.69) is 4.98 Å². The van der Waals surface area contributed by atoms with E-state index in [0.29, 0.717) is 0 Å². The smallest absolute Gasteiger partial charge is 0.275 e. The summed E-state index contributed by atoms with van der Waals surface area (Å²) in [6.45, 7) is 0. The lowest BCUT2D eigenvalue weighted by Gasteiger charge is -2.09. The summed E-state index contributed by atoms with van der Waals surface area (Å²) in [6.07, 6.45) is 1.12. The van der Waals surface area contributed by atoms with Crippen LogP contribution in [0.15, 0.2) is 41.6 Å². The van der Waals surface area contributed by atoms with Crippen LogP contribution in [-0.4, -0.2) is 13.4 Å². The van der Waals surface area contributed by atoms with Gasteiger partial charge in [0.2, 0.25) is 5.03 Å². The zero-order chi connectivity index (χ0) is 14.0. The van der Waals surface area contributed by atoms with E-state index in [9.17, 15) is 17.2 Å². The maximum atomic E-state index is 13.6. The van der Waals surface area contributed by atoms with Gasteiger partial charge in [-0.3, -0.25) is 4.72 Å². The van der Waals surface area contributed by atoms with Crippen LogP contribution in [0, 0.1) is 11.6 Å². The summed E-state index contributed by atoms with van der Waals surface area (Å²) >= 11 is 5.52. The van der Waals surface area contributed by atoms with Gasteiger partial charge in [0, 0.05) is 6.20 Å². The van der Waals surface area contributed by atoms with Crippen molar-refractivity contribution in [3.8, 4) is 0 Å². The van der Waals surface area contributed by atoms with Crippen molar-refractivity contribution in [3.63, 3.8) is 0 Å². The van der Waals surface area contributed by atoms with Crippen molar-refractivity contribution >= 4 is 27.3 Å². The molecule has 4 nitrogen and oxygen atoms in total. The Hall–Kier alpha value is -1.73. The summed E-state index contributed by atoms with van der Waals surface area (Å²) in [5.41, 5.74) is -0.377. The Labute approximate surface area is 113 Å². The first-order valence-corrected chi connectivity index (χ1v) is 6.85. The lowest BCUT2D eigenvalue weighted by molar-refractivity contribution is 0.556. The molecule has 19 heavy (non-hydrogen) atoms. The lowest BCUT2D eigenvalue weighted by atomic mass is 10.3. The Kier molecular flexibility index (Phi) is 3.68. The number of pyridine rings is 1. The van der Waals surface area contributed by atoms with Gasteiger partial charge in [-0.2, -0.15) is 8.42 Å². The van der Waals surface area contributed by atoms with Gasteiger partial charge in [-0.25, -0.2) is 13.8 Å². The Bertz CT molecular complexity index is 722. The molecule has 100 valence electrons. The molecule has 0 spiro atoms. The van der Waals surface area contributed by atoms with Gasteiger partial charge in [0.1, 0.15) is 0 Å². The van der Waals surface area contributed by atoms with E-state index in [1.807, 2.05) is 4.72 Å². The van der Waals surface area contributed by atoms with Crippen LogP contribution >= 0.6 is 11.6 Å². The number of benzene rings is 1. The zero-order valence-corrected chi connectivity index (χ0v) is 10.8. The number of anilines is 1. The Balaban J connectivity index is 2.43. The van der Waals surface area contributed by atoms with E-state index in [1.54, 1.807) is 0 Å². The van der Waals surface area contributed by atoms with E-state index in [1.165, 1.54) is 24.3 Å². The SMILES string of the molecule is O=S(=O)(Nc1cccc(Cl)c1F)c1ncccc1F. The van der Waals surface area contributed by atoms with Crippen molar-refractivity contribution in [1.29, 1.82) is 0 Å². The second kappa shape index (κ2) is 5.10. The molecule has 0 saturated heterocycles. The minimum atomic E-state index is -4.32. The average Bonchev–Trinajstić information content (AvgIpc) is 2.35. The number of hydrogen-bond donors (Lipinski definition) is 1. The molecule has 0 unspecified atom stereocenters. The van der Waals surface area contributed by atoms with Crippen molar-refractivity contribution in [3.05, 3.63) is 53.2 Å². The van der Waals surface area contributed by atoms with Crippen LogP contribution in [0.2, 0.25) is 5.02 Å². The Morgan fingerprint density at radius 3 is 2.58 bits per heavy atom. The fourth-order valence-electron chi connectivity index (χ4n) is 1.34. The van der Waals surface area contributed by atoms with Gasteiger partial charge in [0.25, 0.3) is 10.0 Å². The molecule has 0 aliphatic rings. The van der Waals surface area contributed by atoms with Gasteiger partial charge in [-0.1, -0.05) is 17.7 Å². The molecule has 0 radical (unpaired) electrons. The standard InChI is InChI=1S/C11H7ClF2N2O2S/c12-7-3-1-5-9(10(7)14)16-19(17,18)11-8(13)4-2-6-15-11/h1-6,16H. The van der Waals surface area contributed by atoms with Crippen LogP contribution in [0.1, 0.15) is 0 Å². The summed E-state index contributed by atoms with van der Waals surface area (Å²) in [6, 6.07) is 5.97. The minimum Gasteiger partial charge on any atom is -0.275 e. The van der Waals surface area contributed by atoms with Crippen molar-refractivity contribution in [2.45, 2.75) is 5.03 Å². The van der Waals surface area contributed by atoms with Crippen LogP contribution in [0.25, 0.3) is 0 Å². The number of hydrogen-bond acceptors (Lipinski definition) is 3. The second-order valence-electron chi connectivity index (χ2n) is 3.50. The molecule has 0 bridgehead atoms. The molecule has 0 aliphatic heterocycles. The van der Waals surface area contributed by atoms with Crippen molar-refractivity contribution in [1.82, 2.24) is 4.98 Å². The minimum absolute atomic E-state index is 0.248. The summed E-state index contributed by atoms with van der Waals surface area (Å²) < 4.78 is 52.6. The number of nitrogens with one attached hydrogen (secondary N) is 1. The molecular formula is C11H7ClF2N2O2S. The maximum absolute atomic E-state index is 13.6. The van der Waals surface area contributed by atoms with E-state index in [4.69, 9.17) is 11.6 Å². The summed E-state index contributed by atoms with van der Waals surface area (Å²) in [4.78, 5) is 3.42. The topological polar surface area (TPSA) is 59.1 Å². The van der Waals surface area contributed by atoms with Crippen LogP contribution in [0.3, 0.4) is 0 Å². The highest BCUT2D eigenvalue weighted by atomic mass is 35.5. The van der Waals surface area contributed by atoms with Gasteiger partial charge in [-0.15, -0.1) is 0 Å². The first-order valence-electron chi connectivity index (χ1n) is 4.99. The fourth-order valence-corrected chi connectivity index (χ4v) is 2.59. The molecule has 0 aliphatic carbocycles. The monoisotopic (exact) mass is 304 g/mol. The zero-order valence-electron chi connectivity index (χ0n) is 9.27. The molecule has 1 aromatic heterocycles. The van der Waals surface area contributed by atoms with E-state index in [0.717, 1.165) is 12.3 Å². The van der Waals surface area contributed by atoms with Crippen LogP contribution in [-0.2, 0) is 10.0 Å². The molecule has 0 amide bonds. The molecule has 8 heteroatoms. The van der Waals surface area contributed by atoms with Crippen LogP contribution in [0.4, 0.5) is 14.5 Å². The number of rotatable bonds is 3. The first kappa shape index (κ1) is 13.7. The van der Waals surface area contributed by atoms with E-state index in [-0.39, 0.29) is 10.7 Å². The van der Waals surface area contributed by atoms with Crippen molar-refractivity contribution in [2.75, 3.05) is 4.72 Å². The third-order valence-electron chi connectivity index (χ3n) is 2.18. The van der Waals surface area contributed by atoms with Gasteiger partial charge in [-0.05, 0) is 24.3 Å². The quantitative estimate of drug-likeness (QED) is 0.948. The molecule has 1 N–H and O–H groups in total. The van der Waals surface area contributed by atoms with Crippen molar-refractivity contribution in [2.24, 2.45) is 0 Å². The van der Waals surface area contributed by atoms with Crippen LogP contribution < -0.4 is 4.72 Å². The molecule has 0 fully saturated rings. The number of halogens is 3. The number of aromatic nitrogens is 1. The largest absolute Gasteiger partial charge is 0.282 e. The molecule has 0 saturated carbocycles. The molecule has 0 atom stereocenters. The predicted molar refractivity (Wildman–Crippen MR) is 66.4 cm³/mol. The molecular weight excluding hydrogens is 298 g/mol. The molecule has 2 aromatic rings. The van der Waals surface area contributed by atoms with Crippen molar-refractivity contribution < 1.29 is 17.2 Å². The third kappa shape index (κ3) is 2.82. The molecule has 1 aromatic carbocycles. The van der Waals surface area contributed by atoms with Gasteiger partial charge >= 0.3 is 0 Å². The number of nitrogens with zero attached hydrogens (tertiary/aromatic N) is 1. The normalized spacial score (nSPS) is 11.3. The number of sulfonamides is 1. The van der Waals surface area contributed by atoms with E-state index >= 15 is 0 Å². The van der Waals surface area contributed by atoms with Gasteiger partial charge in [0.15, 0.2) is 11.6 Å². The average molecular weight is 305 g/mol. The van der Waals surface area contributed by atoms with E-state index < -0.39 is 26.7 Å². The summed E-state index contributed by atoms with van der Waals surface area (Å²) in [7, 11) is -4.32. The Morgan fingerprint density at radius 1 is 1.16 bits per heavy atom. The maximum Gasteiger partial charge on any atom is 0.282 e.